The maximum absolute atomic E-state index is 12.0. The van der Waals surface area contributed by atoms with Crippen molar-refractivity contribution >= 4 is 11.7 Å². The lowest BCUT2D eigenvalue weighted by Crippen LogP contribution is -2.43. The van der Waals surface area contributed by atoms with E-state index in [0.29, 0.717) is 11.6 Å². The van der Waals surface area contributed by atoms with Crippen molar-refractivity contribution in [1.29, 1.82) is 0 Å². The Morgan fingerprint density at radius 3 is 2.59 bits per heavy atom. The van der Waals surface area contributed by atoms with E-state index in [1.165, 1.54) is 4.90 Å². The molecule has 0 radical (unpaired) electrons. The van der Waals surface area contributed by atoms with Gasteiger partial charge in [0.25, 0.3) is 5.91 Å². The van der Waals surface area contributed by atoms with Gasteiger partial charge >= 0.3 is 0 Å². The predicted octanol–water partition coefficient (Wildman–Crippen LogP) is 0.498. The first kappa shape index (κ1) is 13.0. The van der Waals surface area contributed by atoms with Gasteiger partial charge in [-0.25, -0.2) is 4.98 Å². The third-order valence-electron chi connectivity index (χ3n) is 2.54. The summed E-state index contributed by atoms with van der Waals surface area (Å²) in [6.07, 6.45) is 0. The number of carbonyl (C=O) groups excluding carboxylic acids is 1. The number of nitrogens with zero attached hydrogens (tertiary/aromatic N) is 3. The number of amides is 1. The molecule has 0 fully saturated rings. The molecule has 7 heteroatoms. The van der Waals surface area contributed by atoms with Gasteiger partial charge in [-0.3, -0.25) is 4.79 Å². The molecule has 1 aromatic heterocycles. The maximum Gasteiger partial charge on any atom is 0.291 e. The molecule has 0 aliphatic heterocycles. The predicted molar refractivity (Wildman–Crippen MR) is 60.9 cm³/mol. The van der Waals surface area contributed by atoms with E-state index in [9.17, 15) is 4.79 Å². The van der Waals surface area contributed by atoms with E-state index in [-0.39, 0.29) is 17.5 Å². The molecule has 1 amide bonds. The summed E-state index contributed by atoms with van der Waals surface area (Å²) in [5.41, 5.74) is 5.96. The smallest absolute Gasteiger partial charge is 0.291 e. The highest BCUT2D eigenvalue weighted by Crippen LogP contribution is 2.13. The fourth-order valence-corrected chi connectivity index (χ4v) is 1.35. The van der Waals surface area contributed by atoms with Crippen LogP contribution in [0.2, 0.25) is 0 Å². The highest BCUT2D eigenvalue weighted by Gasteiger charge is 2.25. The zero-order valence-electron chi connectivity index (χ0n) is 10.3. The Morgan fingerprint density at radius 2 is 2.18 bits per heavy atom. The summed E-state index contributed by atoms with van der Waals surface area (Å²) in [6.45, 7) is 4.99. The van der Waals surface area contributed by atoms with Gasteiger partial charge in [-0.1, -0.05) is 5.16 Å². The number of hydrogen-bond donors (Lipinski definition) is 2. The summed E-state index contributed by atoms with van der Waals surface area (Å²) in [7, 11) is 1.54. The Hall–Kier alpha value is -2.05. The minimum atomic E-state index is -0.530. The molecule has 1 atom stereocenters. The van der Waals surface area contributed by atoms with Gasteiger partial charge in [-0.05, 0) is 13.8 Å². The molecule has 0 saturated carbocycles. The summed E-state index contributed by atoms with van der Waals surface area (Å²) < 4.78 is 5.22. The van der Waals surface area contributed by atoms with Crippen LogP contribution in [0.1, 0.15) is 29.1 Å². The van der Waals surface area contributed by atoms with Crippen LogP contribution in [0.15, 0.2) is 9.57 Å². The van der Waals surface area contributed by atoms with Gasteiger partial charge in [0.15, 0.2) is 11.7 Å². The van der Waals surface area contributed by atoms with Gasteiger partial charge in [0.1, 0.15) is 0 Å². The second kappa shape index (κ2) is 4.86. The highest BCUT2D eigenvalue weighted by molar-refractivity contribution is 5.96. The van der Waals surface area contributed by atoms with Crippen molar-refractivity contribution in [1.82, 2.24) is 9.88 Å². The second-order valence-electron chi connectivity index (χ2n) is 3.76. The Bertz CT molecular complexity index is 452. The average Bonchev–Trinajstić information content (AvgIpc) is 2.64. The summed E-state index contributed by atoms with van der Waals surface area (Å²) in [6, 6.07) is -0.530. The number of oxime groups is 1. The summed E-state index contributed by atoms with van der Waals surface area (Å²) in [5, 5.41) is 11.4. The van der Waals surface area contributed by atoms with E-state index in [1.807, 2.05) is 0 Å². The molecule has 0 spiro atoms. The summed E-state index contributed by atoms with van der Waals surface area (Å²) >= 11 is 0. The standard InChI is InChI=1S/C10H16N4O3/c1-5-8(17-7(3)12-5)10(15)14(4)6(2)9(11)13-16/h6,16H,1-4H3,(H2,11,13). The molecule has 1 aromatic rings. The first-order valence-electron chi connectivity index (χ1n) is 5.07. The van der Waals surface area contributed by atoms with Crippen LogP contribution in [0.25, 0.3) is 0 Å². The number of oxazole rings is 1. The Labute approximate surface area is 98.9 Å². The molecular weight excluding hydrogens is 224 g/mol. The minimum Gasteiger partial charge on any atom is -0.436 e. The number of aromatic nitrogens is 1. The van der Waals surface area contributed by atoms with Gasteiger partial charge in [-0.2, -0.15) is 0 Å². The van der Waals surface area contributed by atoms with Crippen LogP contribution in [0.5, 0.6) is 0 Å². The zero-order chi connectivity index (χ0) is 13.2. The van der Waals surface area contributed by atoms with Gasteiger partial charge < -0.3 is 20.3 Å². The number of likely N-dealkylation sites (N-methyl/N-ethyl adjacent to an activating group) is 1. The average molecular weight is 240 g/mol. The van der Waals surface area contributed by atoms with E-state index in [1.54, 1.807) is 27.8 Å². The molecule has 17 heavy (non-hydrogen) atoms. The van der Waals surface area contributed by atoms with Crippen molar-refractivity contribution < 1.29 is 14.4 Å². The van der Waals surface area contributed by atoms with Crippen molar-refractivity contribution in [3.63, 3.8) is 0 Å². The third kappa shape index (κ3) is 2.55. The van der Waals surface area contributed by atoms with Gasteiger partial charge in [-0.15, -0.1) is 0 Å². The largest absolute Gasteiger partial charge is 0.436 e. The molecule has 1 rings (SSSR count). The fourth-order valence-electron chi connectivity index (χ4n) is 1.35. The molecule has 0 aliphatic rings. The quantitative estimate of drug-likeness (QED) is 0.346. The molecule has 0 bridgehead atoms. The van der Waals surface area contributed by atoms with E-state index < -0.39 is 6.04 Å². The molecule has 94 valence electrons. The molecule has 1 heterocycles. The van der Waals surface area contributed by atoms with Crippen LogP contribution in [0, 0.1) is 13.8 Å². The summed E-state index contributed by atoms with van der Waals surface area (Å²) in [5.74, 6) is 0.190. The van der Waals surface area contributed by atoms with Crippen molar-refractivity contribution in [3.8, 4) is 0 Å². The van der Waals surface area contributed by atoms with Crippen molar-refractivity contribution in [2.24, 2.45) is 10.9 Å². The molecule has 1 unspecified atom stereocenters. The number of amidine groups is 1. The van der Waals surface area contributed by atoms with Gasteiger partial charge in [0.2, 0.25) is 5.76 Å². The number of aryl methyl sites for hydroxylation is 2. The van der Waals surface area contributed by atoms with E-state index in [4.69, 9.17) is 15.4 Å². The van der Waals surface area contributed by atoms with Crippen molar-refractivity contribution in [2.45, 2.75) is 26.8 Å². The van der Waals surface area contributed by atoms with Crippen LogP contribution in [0.4, 0.5) is 0 Å². The molecule has 0 saturated heterocycles. The van der Waals surface area contributed by atoms with Crippen LogP contribution in [-0.2, 0) is 0 Å². The minimum absolute atomic E-state index is 0.0465. The lowest BCUT2D eigenvalue weighted by Gasteiger charge is -2.22. The monoisotopic (exact) mass is 240 g/mol. The van der Waals surface area contributed by atoms with Gasteiger partial charge in [0, 0.05) is 14.0 Å². The molecular formula is C10H16N4O3. The Balaban J connectivity index is 2.94. The Kier molecular flexibility index (Phi) is 3.72. The van der Waals surface area contributed by atoms with Crippen LogP contribution < -0.4 is 5.73 Å². The van der Waals surface area contributed by atoms with Crippen LogP contribution >= 0.6 is 0 Å². The van der Waals surface area contributed by atoms with Crippen molar-refractivity contribution in [2.75, 3.05) is 7.05 Å². The lowest BCUT2D eigenvalue weighted by atomic mass is 10.2. The lowest BCUT2D eigenvalue weighted by molar-refractivity contribution is 0.0742. The zero-order valence-corrected chi connectivity index (χ0v) is 10.3. The topological polar surface area (TPSA) is 105 Å². The Morgan fingerprint density at radius 1 is 1.59 bits per heavy atom. The first-order chi connectivity index (χ1) is 7.88. The van der Waals surface area contributed by atoms with Crippen molar-refractivity contribution in [3.05, 3.63) is 17.3 Å². The maximum atomic E-state index is 12.0. The van der Waals surface area contributed by atoms with Crippen LogP contribution in [-0.4, -0.2) is 39.9 Å². The van der Waals surface area contributed by atoms with E-state index in [0.717, 1.165) is 0 Å². The SMILES string of the molecule is Cc1nc(C)c(C(=O)N(C)C(C)C(N)=NO)o1. The first-order valence-corrected chi connectivity index (χ1v) is 5.07. The number of rotatable bonds is 3. The van der Waals surface area contributed by atoms with Gasteiger partial charge in [0.05, 0.1) is 11.7 Å². The van der Waals surface area contributed by atoms with E-state index >= 15 is 0 Å². The molecule has 7 nitrogen and oxygen atoms in total. The number of nitrogens with two attached hydrogens (primary N) is 1. The normalized spacial score (nSPS) is 13.5. The molecule has 0 aliphatic carbocycles. The summed E-state index contributed by atoms with van der Waals surface area (Å²) in [4.78, 5) is 17.4. The second-order valence-corrected chi connectivity index (χ2v) is 3.76. The molecule has 0 aromatic carbocycles. The number of hydrogen-bond acceptors (Lipinski definition) is 5. The fraction of sp³-hybridized carbons (Fsp3) is 0.500. The van der Waals surface area contributed by atoms with Crippen LogP contribution in [0.3, 0.4) is 0 Å². The number of carbonyl (C=O) groups is 1. The third-order valence-corrected chi connectivity index (χ3v) is 2.54. The van der Waals surface area contributed by atoms with E-state index in [2.05, 4.69) is 10.1 Å². The molecule has 3 N–H and O–H groups in total. The highest BCUT2D eigenvalue weighted by atomic mass is 16.4.